The number of non-ortho nitro benzene ring substituents is 1. The van der Waals surface area contributed by atoms with E-state index >= 15 is 0 Å². The summed E-state index contributed by atoms with van der Waals surface area (Å²) in [6.45, 7) is 6.64. The number of rotatable bonds is 6. The van der Waals surface area contributed by atoms with E-state index < -0.39 is 34.5 Å². The molecule has 1 aromatic rings. The zero-order chi connectivity index (χ0) is 25.5. The van der Waals surface area contributed by atoms with Crippen LogP contribution in [0.5, 0.6) is 5.75 Å². The summed E-state index contributed by atoms with van der Waals surface area (Å²) in [7, 11) is 1.33. The number of nitrogens with zero attached hydrogens (tertiary/aromatic N) is 2. The number of benzene rings is 1. The molecule has 1 saturated heterocycles. The van der Waals surface area contributed by atoms with Crippen LogP contribution in [0.25, 0.3) is 0 Å². The summed E-state index contributed by atoms with van der Waals surface area (Å²) in [6, 6.07) is 3.61. The van der Waals surface area contributed by atoms with Gasteiger partial charge in [-0.2, -0.15) is 0 Å². The highest BCUT2D eigenvalue weighted by atomic mass is 16.6. The molecule has 10 heteroatoms. The number of hydrogen-bond acceptors (Lipinski definition) is 7. The Bertz CT molecular complexity index is 1020. The number of carbonyl (C=O) groups is 3. The number of piperidine rings is 1. The molecule has 0 radical (unpaired) electrons. The van der Waals surface area contributed by atoms with Crippen LogP contribution in [0.3, 0.4) is 0 Å². The van der Waals surface area contributed by atoms with Crippen LogP contribution in [0.15, 0.2) is 24.3 Å². The minimum absolute atomic E-state index is 0.0331. The maximum atomic E-state index is 13.9. The maximum absolute atomic E-state index is 13.9. The first-order valence-corrected chi connectivity index (χ1v) is 12.1. The van der Waals surface area contributed by atoms with E-state index in [0.717, 1.165) is 32.1 Å². The molecule has 2 aliphatic carbocycles. The van der Waals surface area contributed by atoms with Gasteiger partial charge in [-0.15, -0.1) is 0 Å². The van der Waals surface area contributed by atoms with Crippen LogP contribution in [-0.2, 0) is 14.3 Å². The van der Waals surface area contributed by atoms with Crippen molar-refractivity contribution in [2.45, 2.75) is 65.0 Å². The summed E-state index contributed by atoms with van der Waals surface area (Å²) < 4.78 is 10.4. The number of nitro benzene ring substituents is 1. The van der Waals surface area contributed by atoms with Gasteiger partial charge in [0, 0.05) is 24.6 Å². The van der Waals surface area contributed by atoms with Crippen LogP contribution >= 0.6 is 0 Å². The van der Waals surface area contributed by atoms with Crippen LogP contribution in [0.2, 0.25) is 0 Å². The average molecular weight is 488 g/mol. The lowest BCUT2D eigenvalue weighted by Gasteiger charge is -2.42. The molecule has 4 rings (SSSR count). The van der Waals surface area contributed by atoms with E-state index in [1.54, 1.807) is 4.90 Å². The molecule has 0 unspecified atom stereocenters. The molecule has 190 valence electrons. The smallest absolute Gasteiger partial charge is 0.413 e. The molecule has 1 N–H and O–H groups in total. The Hall–Kier alpha value is -3.17. The maximum Gasteiger partial charge on any atom is 0.413 e. The molecule has 1 heterocycles. The second-order valence-electron chi connectivity index (χ2n) is 10.8. The van der Waals surface area contributed by atoms with Crippen molar-refractivity contribution in [1.82, 2.24) is 10.2 Å². The van der Waals surface area contributed by atoms with Crippen molar-refractivity contribution >= 4 is 23.7 Å². The zero-order valence-electron chi connectivity index (χ0n) is 20.6. The standard InChI is InChI=1S/C25H33N3O7/c1-24(2)17-14-27(19(18(17)24)22(30)34-4)21(29)20(25(3)12-6-5-7-13-25)26-23(31)35-16-10-8-15(9-11-16)28(32)33/h8-11,17-20H,5-7,12-14H2,1-4H3,(H,26,31)/t17-,18-,19-,20+/m0/s1. The topological polar surface area (TPSA) is 128 Å². The first-order valence-electron chi connectivity index (χ1n) is 12.1. The Morgan fingerprint density at radius 1 is 1.11 bits per heavy atom. The number of hydrogen-bond donors (Lipinski definition) is 1. The molecule has 3 fully saturated rings. The minimum Gasteiger partial charge on any atom is -0.467 e. The second kappa shape index (κ2) is 9.13. The van der Waals surface area contributed by atoms with Crippen molar-refractivity contribution in [3.8, 4) is 5.75 Å². The number of nitrogens with one attached hydrogen (secondary N) is 1. The monoisotopic (exact) mass is 487 g/mol. The Morgan fingerprint density at radius 3 is 2.31 bits per heavy atom. The molecular weight excluding hydrogens is 454 g/mol. The number of esters is 1. The molecule has 35 heavy (non-hydrogen) atoms. The van der Waals surface area contributed by atoms with Crippen molar-refractivity contribution in [2.24, 2.45) is 22.7 Å². The third-order valence-electron chi connectivity index (χ3n) is 8.39. The van der Waals surface area contributed by atoms with E-state index in [1.165, 1.54) is 31.4 Å². The lowest BCUT2D eigenvalue weighted by atomic mass is 9.70. The van der Waals surface area contributed by atoms with Crippen molar-refractivity contribution in [3.05, 3.63) is 34.4 Å². The van der Waals surface area contributed by atoms with Gasteiger partial charge in [-0.05, 0) is 41.7 Å². The van der Waals surface area contributed by atoms with E-state index in [4.69, 9.17) is 9.47 Å². The number of methoxy groups -OCH3 is 1. The van der Waals surface area contributed by atoms with Gasteiger partial charge in [0.15, 0.2) is 0 Å². The summed E-state index contributed by atoms with van der Waals surface area (Å²) in [5.41, 5.74) is -0.653. The molecular formula is C25H33N3O7. The van der Waals surface area contributed by atoms with Gasteiger partial charge in [0.25, 0.3) is 5.69 Å². The Morgan fingerprint density at radius 2 is 1.74 bits per heavy atom. The number of nitro groups is 1. The number of fused-ring (bicyclic) bond motifs is 1. The quantitative estimate of drug-likeness (QED) is 0.368. The summed E-state index contributed by atoms with van der Waals surface area (Å²) in [5.74, 6) is -0.358. The van der Waals surface area contributed by atoms with Gasteiger partial charge in [0.2, 0.25) is 5.91 Å². The van der Waals surface area contributed by atoms with E-state index in [-0.39, 0.29) is 34.6 Å². The average Bonchev–Trinajstić information content (AvgIpc) is 3.16. The van der Waals surface area contributed by atoms with Crippen molar-refractivity contribution in [3.63, 3.8) is 0 Å². The van der Waals surface area contributed by atoms with E-state index in [2.05, 4.69) is 19.2 Å². The van der Waals surface area contributed by atoms with Gasteiger partial charge < -0.3 is 19.7 Å². The van der Waals surface area contributed by atoms with Gasteiger partial charge in [-0.1, -0.05) is 40.0 Å². The fourth-order valence-electron chi connectivity index (χ4n) is 6.14. The van der Waals surface area contributed by atoms with Crippen molar-refractivity contribution in [1.29, 1.82) is 0 Å². The third kappa shape index (κ3) is 4.58. The fourth-order valence-corrected chi connectivity index (χ4v) is 6.14. The van der Waals surface area contributed by atoms with Crippen LogP contribution in [0.1, 0.15) is 52.9 Å². The van der Waals surface area contributed by atoms with Crippen molar-refractivity contribution < 1.29 is 28.8 Å². The molecule has 0 bridgehead atoms. The molecule has 1 aromatic carbocycles. The van der Waals surface area contributed by atoms with Crippen LogP contribution in [0.4, 0.5) is 10.5 Å². The van der Waals surface area contributed by atoms with Gasteiger partial charge in [0.1, 0.15) is 17.8 Å². The highest BCUT2D eigenvalue weighted by molar-refractivity contribution is 5.92. The summed E-state index contributed by atoms with van der Waals surface area (Å²) in [4.78, 5) is 51.4. The number of likely N-dealkylation sites (tertiary alicyclic amines) is 1. The molecule has 2 saturated carbocycles. The summed E-state index contributed by atoms with van der Waals surface area (Å²) in [5, 5.41) is 13.6. The third-order valence-corrected chi connectivity index (χ3v) is 8.39. The Balaban J connectivity index is 1.55. The van der Waals surface area contributed by atoms with Crippen LogP contribution in [0, 0.1) is 32.8 Å². The minimum atomic E-state index is -0.874. The predicted molar refractivity (Wildman–Crippen MR) is 126 cm³/mol. The molecule has 4 atom stereocenters. The molecule has 3 aliphatic rings. The molecule has 1 aliphatic heterocycles. The SMILES string of the molecule is COC(=O)[C@@H]1[C@@H]2[C@H](CN1C(=O)[C@@H](NC(=O)Oc1ccc([N+](=O)[O-])cc1)C1(C)CCCCC1)C2(C)C. The van der Waals surface area contributed by atoms with E-state index in [9.17, 15) is 24.5 Å². The highest BCUT2D eigenvalue weighted by Gasteiger charge is 2.70. The lowest BCUT2D eigenvalue weighted by molar-refractivity contribution is -0.384. The second-order valence-corrected chi connectivity index (χ2v) is 10.8. The lowest BCUT2D eigenvalue weighted by Crippen LogP contribution is -2.60. The Labute approximate surface area is 204 Å². The van der Waals surface area contributed by atoms with E-state index in [0.29, 0.717) is 6.54 Å². The number of amides is 2. The van der Waals surface area contributed by atoms with Gasteiger partial charge in [0.05, 0.1) is 12.0 Å². The van der Waals surface area contributed by atoms with Crippen LogP contribution < -0.4 is 10.1 Å². The van der Waals surface area contributed by atoms with E-state index in [1.807, 2.05) is 6.92 Å². The normalized spacial score (nSPS) is 26.7. The predicted octanol–water partition coefficient (Wildman–Crippen LogP) is 3.68. The van der Waals surface area contributed by atoms with Gasteiger partial charge >= 0.3 is 12.1 Å². The molecule has 0 aromatic heterocycles. The highest BCUT2D eigenvalue weighted by Crippen LogP contribution is 2.65. The molecule has 0 spiro atoms. The zero-order valence-corrected chi connectivity index (χ0v) is 20.6. The first-order chi connectivity index (χ1) is 16.5. The first kappa shape index (κ1) is 24.9. The fraction of sp³-hybridized carbons (Fsp3) is 0.640. The van der Waals surface area contributed by atoms with Gasteiger partial charge in [-0.3, -0.25) is 14.9 Å². The van der Waals surface area contributed by atoms with Crippen LogP contribution in [-0.4, -0.2) is 53.5 Å². The van der Waals surface area contributed by atoms with Crippen molar-refractivity contribution in [2.75, 3.05) is 13.7 Å². The summed E-state index contributed by atoms with van der Waals surface area (Å²) in [6.07, 6.45) is 3.66. The van der Waals surface area contributed by atoms with Gasteiger partial charge in [-0.25, -0.2) is 9.59 Å². The number of carbonyl (C=O) groups excluding carboxylic acids is 3. The number of ether oxygens (including phenoxy) is 2. The molecule has 2 amide bonds. The summed E-state index contributed by atoms with van der Waals surface area (Å²) >= 11 is 0. The molecule has 10 nitrogen and oxygen atoms in total. The Kier molecular flexibility index (Phi) is 6.50. The largest absolute Gasteiger partial charge is 0.467 e.